The average molecular weight is 433 g/mol. The smallest absolute Gasteiger partial charge is 0.411 e. The lowest BCUT2D eigenvalue weighted by atomic mass is 10.1. The number of carbonyl (C=O) groups is 2. The van der Waals surface area contributed by atoms with Crippen LogP contribution >= 0.6 is 0 Å². The number of halogens is 1. The zero-order valence-corrected chi connectivity index (χ0v) is 17.9. The van der Waals surface area contributed by atoms with E-state index in [4.69, 9.17) is 14.2 Å². The van der Waals surface area contributed by atoms with Gasteiger partial charge in [0.15, 0.2) is 6.10 Å². The number of carboxylic acids is 1. The monoisotopic (exact) mass is 433 g/mol. The van der Waals surface area contributed by atoms with Crippen LogP contribution in [0.4, 0.5) is 14.9 Å². The molecule has 0 heterocycles. The normalized spacial score (nSPS) is 11.8. The summed E-state index contributed by atoms with van der Waals surface area (Å²) in [5, 5.41) is 11.8. The van der Waals surface area contributed by atoms with Crippen molar-refractivity contribution in [3.8, 4) is 5.75 Å². The van der Waals surface area contributed by atoms with Gasteiger partial charge in [-0.3, -0.25) is 5.32 Å². The third kappa shape index (κ3) is 8.25. The molecule has 0 bridgehead atoms. The van der Waals surface area contributed by atoms with Crippen molar-refractivity contribution in [2.75, 3.05) is 11.9 Å². The number of hydrogen-bond donors (Lipinski definition) is 2. The number of carboxylic acid groups (broad SMARTS) is 1. The van der Waals surface area contributed by atoms with Crippen molar-refractivity contribution >= 4 is 17.7 Å². The first-order chi connectivity index (χ1) is 14.8. The average Bonchev–Trinajstić information content (AvgIpc) is 2.73. The molecule has 0 fully saturated rings. The van der Waals surface area contributed by atoms with Crippen molar-refractivity contribution in [3.05, 3.63) is 59.4 Å². The lowest BCUT2D eigenvalue weighted by Crippen LogP contribution is -2.29. The fourth-order valence-electron chi connectivity index (χ4n) is 2.74. The predicted molar refractivity (Wildman–Crippen MR) is 114 cm³/mol. The van der Waals surface area contributed by atoms with E-state index in [9.17, 15) is 19.1 Å². The second kappa shape index (κ2) is 11.9. The summed E-state index contributed by atoms with van der Waals surface area (Å²) in [6.07, 6.45) is -1.49. The van der Waals surface area contributed by atoms with Gasteiger partial charge in [0.25, 0.3) is 0 Å². The molecule has 2 aromatic carbocycles. The minimum Gasteiger partial charge on any atom is -0.494 e. The van der Waals surface area contributed by atoms with Crippen molar-refractivity contribution in [2.45, 2.75) is 52.4 Å². The van der Waals surface area contributed by atoms with Gasteiger partial charge in [-0.05, 0) is 61.7 Å². The summed E-state index contributed by atoms with van der Waals surface area (Å²) in [4.78, 5) is 23.5. The van der Waals surface area contributed by atoms with E-state index in [1.807, 2.05) is 6.92 Å². The number of hydrogen-bond acceptors (Lipinski definition) is 5. The van der Waals surface area contributed by atoms with Crippen molar-refractivity contribution in [2.24, 2.45) is 0 Å². The van der Waals surface area contributed by atoms with Crippen LogP contribution in [0.2, 0.25) is 0 Å². The molecule has 0 aliphatic carbocycles. The van der Waals surface area contributed by atoms with Crippen LogP contribution in [0.5, 0.6) is 5.75 Å². The Labute approximate surface area is 181 Å². The highest BCUT2D eigenvalue weighted by atomic mass is 19.1. The Morgan fingerprint density at radius 1 is 1.13 bits per heavy atom. The molecule has 0 spiro atoms. The van der Waals surface area contributed by atoms with Crippen LogP contribution in [0.25, 0.3) is 0 Å². The van der Waals surface area contributed by atoms with E-state index in [2.05, 4.69) is 5.32 Å². The molecule has 1 atom stereocenters. The van der Waals surface area contributed by atoms with Gasteiger partial charge in [0.1, 0.15) is 18.2 Å². The molecular weight excluding hydrogens is 405 g/mol. The molecule has 0 saturated carbocycles. The summed E-state index contributed by atoms with van der Waals surface area (Å²) in [7, 11) is 0. The molecule has 7 nitrogen and oxygen atoms in total. The first-order valence-corrected chi connectivity index (χ1v) is 10.1. The third-order valence-corrected chi connectivity index (χ3v) is 4.18. The van der Waals surface area contributed by atoms with Crippen LogP contribution in [0.15, 0.2) is 42.5 Å². The summed E-state index contributed by atoms with van der Waals surface area (Å²) in [6.45, 7) is 6.11. The maximum absolute atomic E-state index is 14.1. The lowest BCUT2D eigenvalue weighted by molar-refractivity contribution is -0.153. The van der Waals surface area contributed by atoms with Gasteiger partial charge in [-0.1, -0.05) is 19.1 Å². The molecule has 31 heavy (non-hydrogen) atoms. The number of rotatable bonds is 11. The number of nitrogens with one attached hydrogen (secondary N) is 1. The number of ether oxygens (including phenoxy) is 3. The Kier molecular flexibility index (Phi) is 9.27. The third-order valence-electron chi connectivity index (χ3n) is 4.18. The molecule has 2 aromatic rings. The summed E-state index contributed by atoms with van der Waals surface area (Å²) in [5.41, 5.74) is 1.20. The molecule has 1 unspecified atom stereocenters. The summed E-state index contributed by atoms with van der Waals surface area (Å²) in [5.74, 6) is -1.02. The lowest BCUT2D eigenvalue weighted by Gasteiger charge is -2.17. The number of anilines is 1. The van der Waals surface area contributed by atoms with Gasteiger partial charge >= 0.3 is 12.1 Å². The van der Waals surface area contributed by atoms with Gasteiger partial charge in [0.2, 0.25) is 0 Å². The van der Waals surface area contributed by atoms with Crippen LogP contribution in [-0.4, -0.2) is 36.0 Å². The van der Waals surface area contributed by atoms with Gasteiger partial charge in [-0.2, -0.15) is 0 Å². The Bertz CT molecular complexity index is 869. The minimum absolute atomic E-state index is 0.0528. The molecule has 0 aromatic heterocycles. The number of aliphatic carboxylic acids is 1. The van der Waals surface area contributed by atoms with E-state index in [0.29, 0.717) is 12.3 Å². The standard InChI is InChI=1S/C23H28FNO6/c1-4-11-29-19-8-5-16(6-9-19)14-30-23(28)25-18-7-10-20(24)17(12-18)13-21(22(26)27)31-15(2)3/h5-10,12,15,21H,4,11,13-14H2,1-3H3,(H,25,28)(H,26,27). The predicted octanol–water partition coefficient (Wildman–Crippen LogP) is 4.78. The Balaban J connectivity index is 1.94. The molecule has 0 radical (unpaired) electrons. The van der Waals surface area contributed by atoms with Gasteiger partial charge in [0.05, 0.1) is 12.7 Å². The highest BCUT2D eigenvalue weighted by molar-refractivity contribution is 5.84. The van der Waals surface area contributed by atoms with E-state index in [1.165, 1.54) is 12.1 Å². The summed E-state index contributed by atoms with van der Waals surface area (Å²) >= 11 is 0. The van der Waals surface area contributed by atoms with Crippen molar-refractivity contribution in [1.29, 1.82) is 0 Å². The van der Waals surface area contributed by atoms with Crippen LogP contribution in [-0.2, 0) is 27.3 Å². The fourth-order valence-corrected chi connectivity index (χ4v) is 2.74. The van der Waals surface area contributed by atoms with Gasteiger partial charge in [0, 0.05) is 12.1 Å². The quantitative estimate of drug-likeness (QED) is 0.529. The van der Waals surface area contributed by atoms with Gasteiger partial charge in [-0.25, -0.2) is 14.0 Å². The second-order valence-electron chi connectivity index (χ2n) is 7.22. The van der Waals surface area contributed by atoms with Gasteiger partial charge in [-0.15, -0.1) is 0 Å². The second-order valence-corrected chi connectivity index (χ2v) is 7.22. The van der Waals surface area contributed by atoms with E-state index >= 15 is 0 Å². The molecular formula is C23H28FNO6. The fraction of sp³-hybridized carbons (Fsp3) is 0.391. The van der Waals surface area contributed by atoms with Crippen LogP contribution in [0.1, 0.15) is 38.3 Å². The Morgan fingerprint density at radius 2 is 1.84 bits per heavy atom. The topological polar surface area (TPSA) is 94.1 Å². The van der Waals surface area contributed by atoms with Crippen LogP contribution < -0.4 is 10.1 Å². The van der Waals surface area contributed by atoms with Crippen molar-refractivity contribution in [3.63, 3.8) is 0 Å². The molecule has 168 valence electrons. The highest BCUT2D eigenvalue weighted by Gasteiger charge is 2.22. The first-order valence-electron chi connectivity index (χ1n) is 10.1. The van der Waals surface area contributed by atoms with Gasteiger partial charge < -0.3 is 19.3 Å². The van der Waals surface area contributed by atoms with E-state index in [0.717, 1.165) is 23.8 Å². The molecule has 8 heteroatoms. The molecule has 2 N–H and O–H groups in total. The number of benzene rings is 2. The molecule has 0 aliphatic rings. The number of carbonyl (C=O) groups excluding carboxylic acids is 1. The zero-order chi connectivity index (χ0) is 22.8. The van der Waals surface area contributed by atoms with E-state index < -0.39 is 24.0 Å². The van der Waals surface area contributed by atoms with Crippen molar-refractivity contribution in [1.82, 2.24) is 0 Å². The first kappa shape index (κ1) is 24.1. The number of amides is 1. The zero-order valence-electron chi connectivity index (χ0n) is 17.9. The van der Waals surface area contributed by atoms with E-state index in [1.54, 1.807) is 38.1 Å². The molecule has 0 aliphatic heterocycles. The van der Waals surface area contributed by atoms with Crippen molar-refractivity contribution < 1.29 is 33.3 Å². The largest absolute Gasteiger partial charge is 0.494 e. The Hall–Kier alpha value is -3.13. The minimum atomic E-state index is -1.19. The molecule has 2 rings (SSSR count). The summed E-state index contributed by atoms with van der Waals surface area (Å²) in [6, 6.07) is 11.1. The van der Waals surface area contributed by atoms with Crippen LogP contribution in [0, 0.1) is 5.82 Å². The highest BCUT2D eigenvalue weighted by Crippen LogP contribution is 2.19. The van der Waals surface area contributed by atoms with E-state index in [-0.39, 0.29) is 24.7 Å². The maximum atomic E-state index is 14.1. The van der Waals surface area contributed by atoms with Crippen LogP contribution in [0.3, 0.4) is 0 Å². The Morgan fingerprint density at radius 3 is 2.45 bits per heavy atom. The summed E-state index contributed by atoms with van der Waals surface area (Å²) < 4.78 is 30.2. The molecule has 1 amide bonds. The maximum Gasteiger partial charge on any atom is 0.411 e. The molecule has 0 saturated heterocycles. The SMILES string of the molecule is CCCOc1ccc(COC(=O)Nc2ccc(F)c(CC(OC(C)C)C(=O)O)c2)cc1.